The van der Waals surface area contributed by atoms with E-state index >= 15 is 0 Å². The normalized spacial score (nSPS) is 14.1. The fourth-order valence-corrected chi connectivity index (χ4v) is 5.49. The average molecular weight is 497 g/mol. The number of carbonyl (C=O) groups is 2. The quantitative estimate of drug-likeness (QED) is 0.480. The van der Waals surface area contributed by atoms with Gasteiger partial charge in [-0.1, -0.05) is 12.1 Å². The Morgan fingerprint density at radius 2 is 1.69 bits per heavy atom. The molecule has 0 unspecified atom stereocenters. The van der Waals surface area contributed by atoms with Gasteiger partial charge in [0.2, 0.25) is 10.0 Å². The van der Waals surface area contributed by atoms with E-state index in [0.717, 1.165) is 18.4 Å². The number of ether oxygens (including phenoxy) is 1. The minimum atomic E-state index is -3.45. The summed E-state index contributed by atoms with van der Waals surface area (Å²) >= 11 is 0. The lowest BCUT2D eigenvalue weighted by Crippen LogP contribution is -2.28. The zero-order chi connectivity index (χ0) is 25.0. The highest BCUT2D eigenvalue weighted by Crippen LogP contribution is 2.21. The lowest BCUT2D eigenvalue weighted by Gasteiger charge is -2.15. The molecule has 1 aromatic heterocycles. The fraction of sp³-hybridized carbons (Fsp3) is 0.320. The first-order valence-corrected chi connectivity index (χ1v) is 12.9. The van der Waals surface area contributed by atoms with Crippen LogP contribution in [-0.2, 0) is 21.3 Å². The van der Waals surface area contributed by atoms with Crippen molar-refractivity contribution in [2.75, 3.05) is 19.7 Å². The minimum Gasteiger partial charge on any atom is -0.462 e. The first-order valence-electron chi connectivity index (χ1n) is 11.5. The van der Waals surface area contributed by atoms with Gasteiger partial charge in [-0.15, -0.1) is 0 Å². The van der Waals surface area contributed by atoms with E-state index in [9.17, 15) is 18.0 Å². The third-order valence-electron chi connectivity index (χ3n) is 5.96. The van der Waals surface area contributed by atoms with Gasteiger partial charge in [0, 0.05) is 25.2 Å². The summed E-state index contributed by atoms with van der Waals surface area (Å²) in [6.07, 6.45) is 3.25. The van der Waals surface area contributed by atoms with Gasteiger partial charge in [0.05, 0.1) is 29.1 Å². The van der Waals surface area contributed by atoms with Gasteiger partial charge in [0.15, 0.2) is 0 Å². The molecule has 10 heteroatoms. The third-order valence-corrected chi connectivity index (χ3v) is 7.87. The molecule has 0 aliphatic carbocycles. The monoisotopic (exact) mass is 496 g/mol. The predicted octanol–water partition coefficient (Wildman–Crippen LogP) is 3.07. The molecule has 0 radical (unpaired) electrons. The number of rotatable bonds is 8. The van der Waals surface area contributed by atoms with Gasteiger partial charge >= 0.3 is 5.97 Å². The van der Waals surface area contributed by atoms with Crippen molar-refractivity contribution in [3.63, 3.8) is 0 Å². The molecule has 1 fully saturated rings. The molecule has 0 saturated carbocycles. The maximum Gasteiger partial charge on any atom is 0.341 e. The molecule has 0 bridgehead atoms. The first-order chi connectivity index (χ1) is 16.8. The van der Waals surface area contributed by atoms with Crippen LogP contribution in [0.2, 0.25) is 0 Å². The van der Waals surface area contributed by atoms with Crippen molar-refractivity contribution in [3.8, 4) is 5.69 Å². The number of benzene rings is 2. The zero-order valence-electron chi connectivity index (χ0n) is 19.7. The summed E-state index contributed by atoms with van der Waals surface area (Å²) in [5.74, 6) is -0.677. The van der Waals surface area contributed by atoms with Crippen molar-refractivity contribution in [1.82, 2.24) is 19.4 Å². The molecule has 2 aromatic carbocycles. The summed E-state index contributed by atoms with van der Waals surface area (Å²) in [5.41, 5.74) is 3.03. The van der Waals surface area contributed by atoms with Gasteiger partial charge in [-0.25, -0.2) is 17.9 Å². The molecular weight excluding hydrogens is 468 g/mol. The summed E-state index contributed by atoms with van der Waals surface area (Å²) in [6.45, 7) is 5.20. The van der Waals surface area contributed by atoms with Crippen molar-refractivity contribution in [2.24, 2.45) is 0 Å². The van der Waals surface area contributed by atoms with Gasteiger partial charge in [-0.3, -0.25) is 4.79 Å². The largest absolute Gasteiger partial charge is 0.462 e. The summed E-state index contributed by atoms with van der Waals surface area (Å²) in [5, 5.41) is 7.11. The molecule has 1 N–H and O–H groups in total. The van der Waals surface area contributed by atoms with E-state index in [1.54, 1.807) is 67.1 Å². The number of hydrogen-bond donors (Lipinski definition) is 1. The van der Waals surface area contributed by atoms with Crippen molar-refractivity contribution in [3.05, 3.63) is 77.1 Å². The number of carbonyl (C=O) groups excluding carboxylic acids is 2. The Kier molecular flexibility index (Phi) is 7.32. The Morgan fingerprint density at radius 3 is 2.31 bits per heavy atom. The third kappa shape index (κ3) is 5.28. The topological polar surface area (TPSA) is 111 Å². The van der Waals surface area contributed by atoms with E-state index in [4.69, 9.17) is 4.74 Å². The van der Waals surface area contributed by atoms with Crippen molar-refractivity contribution < 1.29 is 22.7 Å². The predicted molar refractivity (Wildman–Crippen MR) is 130 cm³/mol. The second-order valence-electron chi connectivity index (χ2n) is 8.26. The van der Waals surface area contributed by atoms with E-state index < -0.39 is 16.0 Å². The highest BCUT2D eigenvalue weighted by molar-refractivity contribution is 7.89. The molecule has 1 aliphatic heterocycles. The molecule has 184 valence electrons. The Hall–Kier alpha value is -3.50. The van der Waals surface area contributed by atoms with E-state index in [-0.39, 0.29) is 24.0 Å². The van der Waals surface area contributed by atoms with Crippen LogP contribution >= 0.6 is 0 Å². The molecule has 9 nitrogen and oxygen atoms in total. The van der Waals surface area contributed by atoms with E-state index in [1.165, 1.54) is 10.5 Å². The number of nitrogens with one attached hydrogen (secondary N) is 1. The molecule has 35 heavy (non-hydrogen) atoms. The molecule has 1 amide bonds. The number of nitrogens with zero attached hydrogens (tertiary/aromatic N) is 3. The summed E-state index contributed by atoms with van der Waals surface area (Å²) in [4.78, 5) is 24.9. The first kappa shape index (κ1) is 24.6. The molecule has 0 spiro atoms. The Bertz CT molecular complexity index is 1310. The maximum atomic E-state index is 12.6. The van der Waals surface area contributed by atoms with E-state index in [0.29, 0.717) is 35.6 Å². The number of esters is 1. The highest BCUT2D eigenvalue weighted by Gasteiger charge is 2.26. The van der Waals surface area contributed by atoms with Crippen LogP contribution in [0.5, 0.6) is 0 Å². The number of sulfonamides is 1. The van der Waals surface area contributed by atoms with Crippen LogP contribution in [0.3, 0.4) is 0 Å². The Labute approximate surface area is 204 Å². The van der Waals surface area contributed by atoms with Gasteiger partial charge in [-0.2, -0.15) is 9.40 Å². The van der Waals surface area contributed by atoms with Crippen LogP contribution in [0.15, 0.2) is 59.6 Å². The standard InChI is InChI=1S/C25H28N4O5S/c1-3-34-25(31)23-17-27-29(18(23)2)21-10-8-20(9-11-21)24(30)26-16-19-6-12-22(13-7-19)35(32,33)28-14-4-5-15-28/h6-13,17H,3-5,14-16H2,1-2H3,(H,26,30). The fourth-order valence-electron chi connectivity index (χ4n) is 3.97. The zero-order valence-corrected chi connectivity index (χ0v) is 20.5. The van der Waals surface area contributed by atoms with Crippen LogP contribution in [0.4, 0.5) is 0 Å². The number of aromatic nitrogens is 2. The van der Waals surface area contributed by atoms with E-state index in [2.05, 4.69) is 10.4 Å². The second-order valence-corrected chi connectivity index (χ2v) is 10.2. The Morgan fingerprint density at radius 1 is 1.03 bits per heavy atom. The van der Waals surface area contributed by atoms with Gasteiger partial charge in [0.25, 0.3) is 5.91 Å². The van der Waals surface area contributed by atoms with Crippen molar-refractivity contribution in [2.45, 2.75) is 38.1 Å². The van der Waals surface area contributed by atoms with Crippen molar-refractivity contribution in [1.29, 1.82) is 0 Å². The number of hydrogen-bond acceptors (Lipinski definition) is 6. The maximum absolute atomic E-state index is 12.6. The molecule has 1 aliphatic rings. The SMILES string of the molecule is CCOC(=O)c1cnn(-c2ccc(C(=O)NCc3ccc(S(=O)(=O)N4CCCC4)cc3)cc2)c1C. The van der Waals surface area contributed by atoms with Gasteiger partial charge in [0.1, 0.15) is 5.56 Å². The van der Waals surface area contributed by atoms with Crippen LogP contribution in [0.1, 0.15) is 51.7 Å². The van der Waals surface area contributed by atoms with Crippen molar-refractivity contribution >= 4 is 21.9 Å². The summed E-state index contributed by atoms with van der Waals surface area (Å²) < 4.78 is 33.4. The van der Waals surface area contributed by atoms with Crippen LogP contribution in [0.25, 0.3) is 5.69 Å². The van der Waals surface area contributed by atoms with Crippen LogP contribution < -0.4 is 5.32 Å². The molecule has 2 heterocycles. The highest BCUT2D eigenvalue weighted by atomic mass is 32.2. The lowest BCUT2D eigenvalue weighted by molar-refractivity contribution is 0.0525. The lowest BCUT2D eigenvalue weighted by atomic mass is 10.1. The molecule has 4 rings (SSSR count). The van der Waals surface area contributed by atoms with E-state index in [1.807, 2.05) is 0 Å². The summed E-state index contributed by atoms with van der Waals surface area (Å²) in [7, 11) is -3.45. The molecule has 0 atom stereocenters. The second kappa shape index (κ2) is 10.4. The smallest absolute Gasteiger partial charge is 0.341 e. The molecule has 1 saturated heterocycles. The number of amides is 1. The minimum absolute atomic E-state index is 0.255. The summed E-state index contributed by atoms with van der Waals surface area (Å²) in [6, 6.07) is 13.5. The molecule has 3 aromatic rings. The van der Waals surface area contributed by atoms with Crippen LogP contribution in [0, 0.1) is 6.92 Å². The molecular formula is C25H28N4O5S. The van der Waals surface area contributed by atoms with Crippen LogP contribution in [-0.4, -0.2) is 54.1 Å². The van der Waals surface area contributed by atoms with Gasteiger partial charge < -0.3 is 10.1 Å². The van der Waals surface area contributed by atoms with Gasteiger partial charge in [-0.05, 0) is 68.7 Å². The Balaban J connectivity index is 1.37. The average Bonchev–Trinajstić information content (AvgIpc) is 3.54.